The van der Waals surface area contributed by atoms with Gasteiger partial charge < -0.3 is 9.47 Å². The first kappa shape index (κ1) is 20.9. The Morgan fingerprint density at radius 1 is 1.20 bits per heavy atom. The Morgan fingerprint density at radius 3 is 2.60 bits per heavy atom. The number of benzene rings is 2. The van der Waals surface area contributed by atoms with E-state index in [2.05, 4.69) is 10.2 Å². The van der Waals surface area contributed by atoms with Gasteiger partial charge in [-0.05, 0) is 50.1 Å². The van der Waals surface area contributed by atoms with Gasteiger partial charge in [0.2, 0.25) is 5.91 Å². The van der Waals surface area contributed by atoms with E-state index in [9.17, 15) is 9.18 Å². The maximum absolute atomic E-state index is 14.1. The molecule has 0 radical (unpaired) electrons. The Balaban J connectivity index is 1.46. The number of carbonyl (C=O) groups is 1. The van der Waals surface area contributed by atoms with Crippen LogP contribution in [0.2, 0.25) is 5.02 Å². The van der Waals surface area contributed by atoms with Crippen molar-refractivity contribution in [3.05, 3.63) is 64.9 Å². The van der Waals surface area contributed by atoms with Crippen molar-refractivity contribution in [3.63, 3.8) is 0 Å². The fourth-order valence-corrected chi connectivity index (χ4v) is 4.33. The van der Waals surface area contributed by atoms with Crippen LogP contribution in [-0.4, -0.2) is 37.4 Å². The second kappa shape index (κ2) is 9.18. The Bertz CT molecular complexity index is 1040. The molecule has 1 aliphatic carbocycles. The Labute approximate surface area is 184 Å². The molecule has 2 aromatic carbocycles. The molecule has 1 amide bonds. The summed E-state index contributed by atoms with van der Waals surface area (Å²) in [6.07, 6.45) is 1.94. The van der Waals surface area contributed by atoms with Gasteiger partial charge in [0.25, 0.3) is 0 Å². The van der Waals surface area contributed by atoms with E-state index in [0.717, 1.165) is 24.2 Å². The zero-order chi connectivity index (χ0) is 21.1. The number of halogens is 2. The zero-order valence-corrected chi connectivity index (χ0v) is 18.2. The van der Waals surface area contributed by atoms with Crippen LogP contribution in [0, 0.1) is 5.82 Å². The van der Waals surface area contributed by atoms with Crippen LogP contribution < -0.4 is 0 Å². The molecule has 156 valence electrons. The number of nitrogens with zero attached hydrogens (tertiary/aromatic N) is 4. The SMILES string of the molecule is CCn1c(SCC(=O)N(Cc2ccccc2F)C2CC2)nnc1-c1ccc(Cl)cc1. The van der Waals surface area contributed by atoms with Crippen molar-refractivity contribution >= 4 is 29.3 Å². The molecule has 5 nitrogen and oxygen atoms in total. The van der Waals surface area contributed by atoms with E-state index in [1.807, 2.05) is 35.8 Å². The third-order valence-electron chi connectivity index (χ3n) is 5.07. The number of hydrogen-bond acceptors (Lipinski definition) is 4. The summed E-state index contributed by atoms with van der Waals surface area (Å²) in [6.45, 7) is 3.00. The highest BCUT2D eigenvalue weighted by molar-refractivity contribution is 7.99. The summed E-state index contributed by atoms with van der Waals surface area (Å²) < 4.78 is 16.0. The number of thioether (sulfide) groups is 1. The average Bonchev–Trinajstić information content (AvgIpc) is 3.51. The molecule has 30 heavy (non-hydrogen) atoms. The van der Waals surface area contributed by atoms with Gasteiger partial charge in [-0.25, -0.2) is 4.39 Å². The van der Waals surface area contributed by atoms with Crippen molar-refractivity contribution in [1.29, 1.82) is 0 Å². The van der Waals surface area contributed by atoms with Gasteiger partial charge >= 0.3 is 0 Å². The van der Waals surface area contributed by atoms with E-state index >= 15 is 0 Å². The normalized spacial score (nSPS) is 13.4. The molecule has 0 N–H and O–H groups in total. The van der Waals surface area contributed by atoms with Crippen LogP contribution in [0.1, 0.15) is 25.3 Å². The largest absolute Gasteiger partial charge is 0.335 e. The minimum atomic E-state index is -0.276. The van der Waals surface area contributed by atoms with Gasteiger partial charge in [0.1, 0.15) is 5.82 Å². The second-order valence-corrected chi connectivity index (χ2v) is 8.57. The minimum Gasteiger partial charge on any atom is -0.335 e. The first-order valence-corrected chi connectivity index (χ1v) is 11.3. The highest BCUT2D eigenvalue weighted by Gasteiger charge is 2.33. The first-order valence-electron chi connectivity index (χ1n) is 9.91. The third kappa shape index (κ3) is 4.68. The predicted molar refractivity (Wildman–Crippen MR) is 117 cm³/mol. The molecule has 0 spiro atoms. The van der Waals surface area contributed by atoms with Crippen LogP contribution in [0.4, 0.5) is 4.39 Å². The van der Waals surface area contributed by atoms with Crippen molar-refractivity contribution in [2.45, 2.75) is 44.1 Å². The monoisotopic (exact) mass is 444 g/mol. The Morgan fingerprint density at radius 2 is 1.93 bits per heavy atom. The maximum atomic E-state index is 14.1. The van der Waals surface area contributed by atoms with Crippen LogP contribution in [0.3, 0.4) is 0 Å². The molecule has 1 saturated carbocycles. The summed E-state index contributed by atoms with van der Waals surface area (Å²) in [5.74, 6) is 0.699. The van der Waals surface area contributed by atoms with Gasteiger partial charge in [-0.2, -0.15) is 0 Å². The molecule has 8 heteroatoms. The van der Waals surface area contributed by atoms with Gasteiger partial charge in [0.05, 0.1) is 5.75 Å². The molecule has 1 aliphatic rings. The standard InChI is InChI=1S/C22H22ClFN4OS/c1-2-27-21(15-7-9-17(23)10-8-15)25-26-22(27)30-14-20(29)28(18-11-12-18)13-16-5-3-4-6-19(16)24/h3-10,18H,2,11-14H2,1H3. The van der Waals surface area contributed by atoms with Crippen LogP contribution in [0.15, 0.2) is 53.7 Å². The van der Waals surface area contributed by atoms with Gasteiger partial charge in [0, 0.05) is 35.3 Å². The molecule has 3 aromatic rings. The Kier molecular flexibility index (Phi) is 6.39. The molecule has 0 saturated heterocycles. The van der Waals surface area contributed by atoms with Crippen molar-refractivity contribution < 1.29 is 9.18 Å². The average molecular weight is 445 g/mol. The summed E-state index contributed by atoms with van der Waals surface area (Å²) in [5, 5.41) is 9.95. The van der Waals surface area contributed by atoms with Crippen LogP contribution in [0.5, 0.6) is 0 Å². The van der Waals surface area contributed by atoms with Gasteiger partial charge in [-0.15, -0.1) is 10.2 Å². The summed E-state index contributed by atoms with van der Waals surface area (Å²) in [7, 11) is 0. The highest BCUT2D eigenvalue weighted by atomic mass is 35.5. The maximum Gasteiger partial charge on any atom is 0.233 e. The molecule has 0 unspecified atom stereocenters. The number of rotatable bonds is 8. The van der Waals surface area contributed by atoms with Crippen molar-refractivity contribution in [2.75, 3.05) is 5.75 Å². The highest BCUT2D eigenvalue weighted by Crippen LogP contribution is 2.31. The van der Waals surface area contributed by atoms with E-state index in [0.29, 0.717) is 28.8 Å². The van der Waals surface area contributed by atoms with E-state index in [4.69, 9.17) is 11.6 Å². The minimum absolute atomic E-state index is 0.00977. The number of aromatic nitrogens is 3. The Hall–Kier alpha value is -2.38. The van der Waals surface area contributed by atoms with Crippen LogP contribution in [0.25, 0.3) is 11.4 Å². The van der Waals surface area contributed by atoms with Gasteiger partial charge in [-0.3, -0.25) is 4.79 Å². The van der Waals surface area contributed by atoms with Gasteiger partial charge in [0.15, 0.2) is 11.0 Å². The van der Waals surface area contributed by atoms with E-state index < -0.39 is 0 Å². The molecule has 1 fully saturated rings. The summed E-state index contributed by atoms with van der Waals surface area (Å²) in [6, 6.07) is 14.3. The number of amides is 1. The number of carbonyl (C=O) groups excluding carboxylic acids is 1. The van der Waals surface area contributed by atoms with Crippen LogP contribution >= 0.6 is 23.4 Å². The third-order valence-corrected chi connectivity index (χ3v) is 6.27. The van der Waals surface area contributed by atoms with E-state index in [1.54, 1.807) is 23.1 Å². The number of hydrogen-bond donors (Lipinski definition) is 0. The molecular weight excluding hydrogens is 423 g/mol. The quantitative estimate of drug-likeness (QED) is 0.457. The van der Waals surface area contributed by atoms with E-state index in [-0.39, 0.29) is 23.5 Å². The lowest BCUT2D eigenvalue weighted by molar-refractivity contribution is -0.129. The lowest BCUT2D eigenvalue weighted by Gasteiger charge is -2.22. The zero-order valence-electron chi connectivity index (χ0n) is 16.6. The molecule has 1 heterocycles. The lowest BCUT2D eigenvalue weighted by Crippen LogP contribution is -2.34. The summed E-state index contributed by atoms with van der Waals surface area (Å²) in [5.41, 5.74) is 1.47. The topological polar surface area (TPSA) is 51.0 Å². The lowest BCUT2D eigenvalue weighted by atomic mass is 10.2. The first-order chi connectivity index (χ1) is 14.6. The van der Waals surface area contributed by atoms with Crippen molar-refractivity contribution in [3.8, 4) is 11.4 Å². The smallest absolute Gasteiger partial charge is 0.233 e. The van der Waals surface area contributed by atoms with Crippen molar-refractivity contribution in [2.24, 2.45) is 0 Å². The van der Waals surface area contributed by atoms with Gasteiger partial charge in [-0.1, -0.05) is 41.6 Å². The van der Waals surface area contributed by atoms with Crippen LogP contribution in [-0.2, 0) is 17.9 Å². The predicted octanol–water partition coefficient (Wildman–Crippen LogP) is 5.04. The molecule has 0 bridgehead atoms. The molecule has 0 aliphatic heterocycles. The van der Waals surface area contributed by atoms with Crippen molar-refractivity contribution in [1.82, 2.24) is 19.7 Å². The fraction of sp³-hybridized carbons (Fsp3) is 0.318. The molecule has 1 aromatic heterocycles. The van der Waals surface area contributed by atoms with E-state index in [1.165, 1.54) is 17.8 Å². The molecular formula is C22H22ClFN4OS. The summed E-state index contributed by atoms with van der Waals surface area (Å²) >= 11 is 7.34. The fourth-order valence-electron chi connectivity index (χ4n) is 3.32. The molecule has 4 rings (SSSR count). The summed E-state index contributed by atoms with van der Waals surface area (Å²) in [4.78, 5) is 14.7. The second-order valence-electron chi connectivity index (χ2n) is 7.19. The molecule has 0 atom stereocenters.